The van der Waals surface area contributed by atoms with Gasteiger partial charge in [0.1, 0.15) is 5.75 Å². The van der Waals surface area contributed by atoms with Gasteiger partial charge >= 0.3 is 11.7 Å². The van der Waals surface area contributed by atoms with Crippen LogP contribution in [0.25, 0.3) is 0 Å². The summed E-state index contributed by atoms with van der Waals surface area (Å²) in [4.78, 5) is 45.1. The van der Waals surface area contributed by atoms with Gasteiger partial charge in [-0.2, -0.15) is 5.10 Å². The number of amides is 1. The van der Waals surface area contributed by atoms with Crippen molar-refractivity contribution in [3.63, 3.8) is 0 Å². The summed E-state index contributed by atoms with van der Waals surface area (Å²) < 4.78 is 10.5. The molecule has 12 nitrogen and oxygen atoms in total. The van der Waals surface area contributed by atoms with Gasteiger partial charge in [-0.15, -0.1) is 0 Å². The Labute approximate surface area is 191 Å². The molecule has 0 aliphatic rings. The van der Waals surface area contributed by atoms with Gasteiger partial charge in [0.15, 0.2) is 12.4 Å². The molecule has 0 heterocycles. The van der Waals surface area contributed by atoms with Crippen molar-refractivity contribution in [2.24, 2.45) is 5.10 Å². The van der Waals surface area contributed by atoms with E-state index in [1.165, 1.54) is 30.3 Å². The largest absolute Gasteiger partial charge is 0.477 e. The lowest BCUT2D eigenvalue weighted by atomic mass is 10.2. The lowest BCUT2D eigenvalue weighted by Gasteiger charge is -2.08. The number of non-ortho nitro benzene ring substituents is 1. The van der Waals surface area contributed by atoms with Crippen LogP contribution in [0.5, 0.6) is 11.5 Å². The molecule has 1 N–H and O–H groups in total. The molecule has 0 atom stereocenters. The van der Waals surface area contributed by atoms with Gasteiger partial charge in [0.05, 0.1) is 21.6 Å². The molecule has 0 bridgehead atoms. The molecule has 0 saturated heterocycles. The van der Waals surface area contributed by atoms with Crippen molar-refractivity contribution in [3.05, 3.63) is 104 Å². The minimum absolute atomic E-state index is 0.0198. The Morgan fingerprint density at radius 3 is 2.32 bits per heavy atom. The summed E-state index contributed by atoms with van der Waals surface area (Å²) in [6, 6.07) is 17.2. The fourth-order valence-electron chi connectivity index (χ4n) is 2.66. The van der Waals surface area contributed by atoms with Gasteiger partial charge in [-0.3, -0.25) is 25.0 Å². The third-order valence-corrected chi connectivity index (χ3v) is 4.23. The summed E-state index contributed by atoms with van der Waals surface area (Å²) in [5.74, 6) is -1.55. The number of para-hydroxylation sites is 2. The summed E-state index contributed by atoms with van der Waals surface area (Å²) in [5, 5.41) is 25.8. The molecular formula is C22H16N4O8. The molecule has 34 heavy (non-hydrogen) atoms. The maximum atomic E-state index is 12.3. The number of benzene rings is 3. The van der Waals surface area contributed by atoms with Crippen LogP contribution in [0.4, 0.5) is 11.4 Å². The van der Waals surface area contributed by atoms with Crippen molar-refractivity contribution >= 4 is 29.5 Å². The Kier molecular flexibility index (Phi) is 7.58. The second kappa shape index (κ2) is 10.9. The van der Waals surface area contributed by atoms with Crippen LogP contribution in [-0.4, -0.2) is 34.5 Å². The smallest absolute Gasteiger partial charge is 0.343 e. The highest BCUT2D eigenvalue weighted by molar-refractivity contribution is 5.93. The topological polar surface area (TPSA) is 163 Å². The van der Waals surface area contributed by atoms with E-state index in [4.69, 9.17) is 9.47 Å². The minimum Gasteiger partial charge on any atom is -0.477 e. The molecule has 0 aliphatic carbocycles. The molecule has 0 aromatic heterocycles. The predicted octanol–water partition coefficient (Wildman–Crippen LogP) is 3.25. The number of nitro benzene ring substituents is 2. The van der Waals surface area contributed by atoms with Gasteiger partial charge in [-0.25, -0.2) is 10.2 Å². The number of hydrogen-bond donors (Lipinski definition) is 1. The zero-order valence-corrected chi connectivity index (χ0v) is 17.3. The number of esters is 1. The number of rotatable bonds is 9. The molecule has 0 aliphatic heterocycles. The molecule has 3 aromatic carbocycles. The zero-order valence-electron chi connectivity index (χ0n) is 17.3. The van der Waals surface area contributed by atoms with Gasteiger partial charge in [-0.05, 0) is 24.3 Å². The van der Waals surface area contributed by atoms with E-state index in [-0.39, 0.29) is 34.0 Å². The van der Waals surface area contributed by atoms with E-state index < -0.39 is 28.3 Å². The lowest BCUT2D eigenvalue weighted by molar-refractivity contribution is -0.385. The number of nitro groups is 2. The highest BCUT2D eigenvalue weighted by Gasteiger charge is 2.16. The molecular weight excluding hydrogens is 448 g/mol. The average molecular weight is 464 g/mol. The first-order valence-corrected chi connectivity index (χ1v) is 9.59. The van der Waals surface area contributed by atoms with E-state index in [1.807, 2.05) is 0 Å². The molecule has 0 saturated carbocycles. The van der Waals surface area contributed by atoms with Crippen LogP contribution in [0.2, 0.25) is 0 Å². The van der Waals surface area contributed by atoms with Crippen molar-refractivity contribution in [2.45, 2.75) is 0 Å². The fourth-order valence-corrected chi connectivity index (χ4v) is 2.66. The van der Waals surface area contributed by atoms with E-state index in [2.05, 4.69) is 10.5 Å². The quantitative estimate of drug-likeness (QED) is 0.166. The van der Waals surface area contributed by atoms with Gasteiger partial charge in [0.2, 0.25) is 0 Å². The Bertz CT molecular complexity index is 1260. The summed E-state index contributed by atoms with van der Waals surface area (Å²) in [6.07, 6.45) is 1.06. The number of carbonyl (C=O) groups is 2. The van der Waals surface area contributed by atoms with Crippen molar-refractivity contribution in [1.82, 2.24) is 5.43 Å². The van der Waals surface area contributed by atoms with E-state index in [1.54, 1.807) is 30.3 Å². The van der Waals surface area contributed by atoms with Gasteiger partial charge < -0.3 is 9.47 Å². The number of carbonyl (C=O) groups excluding carboxylic acids is 2. The SMILES string of the molecule is O=C(COc1ccccc1[N+](=O)[O-])NN=Cc1cc([N+](=O)[O-])ccc1OC(=O)c1ccccc1. The maximum absolute atomic E-state index is 12.3. The fraction of sp³-hybridized carbons (Fsp3) is 0.0455. The van der Waals surface area contributed by atoms with Crippen LogP contribution in [-0.2, 0) is 4.79 Å². The zero-order chi connectivity index (χ0) is 24.5. The normalized spacial score (nSPS) is 10.5. The van der Waals surface area contributed by atoms with Crippen molar-refractivity contribution in [2.75, 3.05) is 6.61 Å². The van der Waals surface area contributed by atoms with Crippen molar-refractivity contribution in [3.8, 4) is 11.5 Å². The molecule has 12 heteroatoms. The Hall–Kier alpha value is -5.13. The Morgan fingerprint density at radius 1 is 0.912 bits per heavy atom. The van der Waals surface area contributed by atoms with E-state index in [9.17, 15) is 29.8 Å². The van der Waals surface area contributed by atoms with Gasteiger partial charge in [0.25, 0.3) is 11.6 Å². The molecule has 0 radical (unpaired) electrons. The van der Waals surface area contributed by atoms with Crippen LogP contribution in [0, 0.1) is 20.2 Å². The molecule has 3 aromatic rings. The Balaban J connectivity index is 1.69. The molecule has 172 valence electrons. The van der Waals surface area contributed by atoms with Crippen LogP contribution < -0.4 is 14.9 Å². The maximum Gasteiger partial charge on any atom is 0.343 e. The number of nitrogens with zero attached hydrogens (tertiary/aromatic N) is 3. The highest BCUT2D eigenvalue weighted by Crippen LogP contribution is 2.26. The number of hydrogen-bond acceptors (Lipinski definition) is 9. The van der Waals surface area contributed by atoms with Crippen molar-refractivity contribution in [1.29, 1.82) is 0 Å². The third-order valence-electron chi connectivity index (χ3n) is 4.23. The first-order chi connectivity index (χ1) is 16.3. The number of nitrogens with one attached hydrogen (secondary N) is 1. The summed E-state index contributed by atoms with van der Waals surface area (Å²) in [6.45, 7) is -0.576. The predicted molar refractivity (Wildman–Crippen MR) is 119 cm³/mol. The summed E-state index contributed by atoms with van der Waals surface area (Å²) in [7, 11) is 0. The average Bonchev–Trinajstić information content (AvgIpc) is 2.84. The minimum atomic E-state index is -0.748. The summed E-state index contributed by atoms with van der Waals surface area (Å²) in [5.41, 5.74) is 1.87. The van der Waals surface area contributed by atoms with Crippen LogP contribution in [0.1, 0.15) is 15.9 Å². The van der Waals surface area contributed by atoms with E-state index in [0.29, 0.717) is 0 Å². The second-order valence-corrected chi connectivity index (χ2v) is 6.54. The molecule has 3 rings (SSSR count). The number of ether oxygens (including phenoxy) is 2. The van der Waals surface area contributed by atoms with E-state index >= 15 is 0 Å². The third kappa shape index (κ3) is 6.20. The molecule has 0 unspecified atom stereocenters. The van der Waals surface area contributed by atoms with Crippen LogP contribution >= 0.6 is 0 Å². The van der Waals surface area contributed by atoms with Crippen LogP contribution in [0.3, 0.4) is 0 Å². The second-order valence-electron chi connectivity index (χ2n) is 6.54. The highest BCUT2D eigenvalue weighted by atomic mass is 16.6. The van der Waals surface area contributed by atoms with E-state index in [0.717, 1.165) is 18.3 Å². The Morgan fingerprint density at radius 2 is 1.62 bits per heavy atom. The monoisotopic (exact) mass is 464 g/mol. The standard InChI is InChI=1S/C22H16N4O8/c27-21(14-33-20-9-5-4-8-18(20)26(31)32)24-23-13-16-12-17(25(29)30)10-11-19(16)34-22(28)15-6-2-1-3-7-15/h1-13H,14H2,(H,24,27). The first-order valence-electron chi connectivity index (χ1n) is 9.59. The van der Waals surface area contributed by atoms with Crippen molar-refractivity contribution < 1.29 is 28.9 Å². The van der Waals surface area contributed by atoms with Gasteiger partial charge in [-0.1, -0.05) is 30.3 Å². The first kappa shape index (κ1) is 23.5. The number of hydrazone groups is 1. The van der Waals surface area contributed by atoms with Crippen LogP contribution in [0.15, 0.2) is 77.9 Å². The lowest BCUT2D eigenvalue weighted by Crippen LogP contribution is -2.24. The molecule has 0 spiro atoms. The summed E-state index contributed by atoms with van der Waals surface area (Å²) >= 11 is 0. The molecule has 0 fully saturated rings. The molecule has 1 amide bonds. The van der Waals surface area contributed by atoms with Gasteiger partial charge in [0, 0.05) is 23.8 Å².